The third-order valence-corrected chi connectivity index (χ3v) is 3.22. The summed E-state index contributed by atoms with van der Waals surface area (Å²) in [6, 6.07) is 0. The van der Waals surface area contributed by atoms with Crippen LogP contribution in [0.3, 0.4) is 0 Å². The van der Waals surface area contributed by atoms with Crippen molar-refractivity contribution in [2.24, 2.45) is 0 Å². The lowest BCUT2D eigenvalue weighted by Crippen LogP contribution is -1.99. The van der Waals surface area contributed by atoms with Gasteiger partial charge in [0.15, 0.2) is 5.16 Å². The highest BCUT2D eigenvalue weighted by Gasteiger charge is 2.07. The van der Waals surface area contributed by atoms with E-state index in [9.17, 15) is 0 Å². The zero-order chi connectivity index (χ0) is 9.84. The van der Waals surface area contributed by atoms with Gasteiger partial charge in [0.05, 0.1) is 0 Å². The first-order valence-electron chi connectivity index (χ1n) is 4.18. The van der Waals surface area contributed by atoms with Crippen molar-refractivity contribution in [3.63, 3.8) is 0 Å². The standard InChI is InChI=1S/C9H14N2S2/c1-5-7-6(2)8(12-3)11-9(10-7)13-4/h5H2,1-4H3. The Morgan fingerprint density at radius 2 is 1.85 bits per heavy atom. The summed E-state index contributed by atoms with van der Waals surface area (Å²) in [6.45, 7) is 4.22. The number of hydrogen-bond acceptors (Lipinski definition) is 4. The van der Waals surface area contributed by atoms with Crippen LogP contribution in [0.4, 0.5) is 0 Å². The Bertz CT molecular complexity index is 275. The quantitative estimate of drug-likeness (QED) is 0.439. The van der Waals surface area contributed by atoms with Gasteiger partial charge in [-0.3, -0.25) is 0 Å². The van der Waals surface area contributed by atoms with Crippen molar-refractivity contribution < 1.29 is 0 Å². The van der Waals surface area contributed by atoms with E-state index in [4.69, 9.17) is 0 Å². The van der Waals surface area contributed by atoms with Crippen LogP contribution in [0.1, 0.15) is 18.2 Å². The summed E-state index contributed by atoms with van der Waals surface area (Å²) >= 11 is 3.29. The summed E-state index contributed by atoms with van der Waals surface area (Å²) in [6.07, 6.45) is 5.04. The molecule has 0 unspecified atom stereocenters. The summed E-state index contributed by atoms with van der Waals surface area (Å²) < 4.78 is 0. The van der Waals surface area contributed by atoms with Crippen LogP contribution in [0, 0.1) is 6.92 Å². The van der Waals surface area contributed by atoms with Crippen molar-refractivity contribution in [3.05, 3.63) is 11.3 Å². The van der Waals surface area contributed by atoms with E-state index >= 15 is 0 Å². The Balaban J connectivity index is 3.20. The fourth-order valence-electron chi connectivity index (χ4n) is 1.15. The molecule has 2 nitrogen and oxygen atoms in total. The molecular weight excluding hydrogens is 200 g/mol. The van der Waals surface area contributed by atoms with Gasteiger partial charge in [0.25, 0.3) is 0 Å². The number of nitrogens with zero attached hydrogens (tertiary/aromatic N) is 2. The van der Waals surface area contributed by atoms with Gasteiger partial charge in [-0.1, -0.05) is 18.7 Å². The Kier molecular flexibility index (Phi) is 4.06. The van der Waals surface area contributed by atoms with Crippen molar-refractivity contribution in [1.82, 2.24) is 9.97 Å². The summed E-state index contributed by atoms with van der Waals surface area (Å²) in [5, 5.41) is 1.99. The van der Waals surface area contributed by atoms with Crippen molar-refractivity contribution in [2.75, 3.05) is 12.5 Å². The van der Waals surface area contributed by atoms with Crippen LogP contribution in [0.5, 0.6) is 0 Å². The van der Waals surface area contributed by atoms with Gasteiger partial charge in [-0.2, -0.15) is 0 Å². The lowest BCUT2D eigenvalue weighted by atomic mass is 10.2. The van der Waals surface area contributed by atoms with E-state index in [-0.39, 0.29) is 0 Å². The van der Waals surface area contributed by atoms with Gasteiger partial charge in [0, 0.05) is 11.3 Å². The van der Waals surface area contributed by atoms with E-state index in [1.807, 2.05) is 6.26 Å². The maximum Gasteiger partial charge on any atom is 0.188 e. The van der Waals surface area contributed by atoms with E-state index in [0.29, 0.717) is 0 Å². The van der Waals surface area contributed by atoms with Crippen LogP contribution in [-0.2, 0) is 6.42 Å². The molecule has 0 amide bonds. The smallest absolute Gasteiger partial charge is 0.188 e. The Morgan fingerprint density at radius 1 is 1.15 bits per heavy atom. The largest absolute Gasteiger partial charge is 0.227 e. The molecule has 0 bridgehead atoms. The molecule has 4 heteroatoms. The van der Waals surface area contributed by atoms with Crippen molar-refractivity contribution in [3.8, 4) is 0 Å². The van der Waals surface area contributed by atoms with E-state index < -0.39 is 0 Å². The van der Waals surface area contributed by atoms with Gasteiger partial charge in [-0.15, -0.1) is 11.8 Å². The molecule has 0 saturated heterocycles. The van der Waals surface area contributed by atoms with Gasteiger partial charge in [-0.05, 0) is 25.9 Å². The van der Waals surface area contributed by atoms with E-state index in [0.717, 1.165) is 16.6 Å². The maximum absolute atomic E-state index is 4.46. The van der Waals surface area contributed by atoms with E-state index in [2.05, 4.69) is 30.1 Å². The highest BCUT2D eigenvalue weighted by molar-refractivity contribution is 7.99. The van der Waals surface area contributed by atoms with Crippen molar-refractivity contribution in [2.45, 2.75) is 30.5 Å². The van der Waals surface area contributed by atoms with Gasteiger partial charge in [0.1, 0.15) is 5.03 Å². The minimum atomic E-state index is 0.881. The molecule has 1 heterocycles. The van der Waals surface area contributed by atoms with Crippen LogP contribution in [0.25, 0.3) is 0 Å². The van der Waals surface area contributed by atoms with Gasteiger partial charge < -0.3 is 0 Å². The molecule has 0 spiro atoms. The molecule has 0 fully saturated rings. The predicted octanol–water partition coefficient (Wildman–Crippen LogP) is 2.79. The number of hydrogen-bond donors (Lipinski definition) is 0. The first-order valence-corrected chi connectivity index (χ1v) is 6.63. The molecule has 0 radical (unpaired) electrons. The summed E-state index contributed by atoms with van der Waals surface area (Å²) in [7, 11) is 0. The Hall–Kier alpha value is -0.220. The molecule has 0 aliphatic rings. The third-order valence-electron chi connectivity index (χ3n) is 1.89. The zero-order valence-electron chi connectivity index (χ0n) is 8.42. The highest BCUT2D eigenvalue weighted by Crippen LogP contribution is 2.22. The maximum atomic E-state index is 4.46. The normalized spacial score (nSPS) is 10.5. The second-order valence-electron chi connectivity index (χ2n) is 2.64. The summed E-state index contributed by atoms with van der Waals surface area (Å²) in [5.74, 6) is 0. The SMILES string of the molecule is CCc1nc(SC)nc(SC)c1C. The first kappa shape index (κ1) is 10.9. The van der Waals surface area contributed by atoms with Crippen LogP contribution >= 0.6 is 23.5 Å². The average molecular weight is 214 g/mol. The molecule has 72 valence electrons. The van der Waals surface area contributed by atoms with E-state index in [1.54, 1.807) is 23.5 Å². The van der Waals surface area contributed by atoms with Gasteiger partial charge in [-0.25, -0.2) is 9.97 Å². The van der Waals surface area contributed by atoms with Crippen LogP contribution in [-0.4, -0.2) is 22.5 Å². The molecule has 0 atom stereocenters. The molecule has 1 rings (SSSR count). The van der Waals surface area contributed by atoms with Crippen LogP contribution in [0.2, 0.25) is 0 Å². The second kappa shape index (κ2) is 4.86. The van der Waals surface area contributed by atoms with Gasteiger partial charge in [0.2, 0.25) is 0 Å². The zero-order valence-corrected chi connectivity index (χ0v) is 10.1. The molecule has 0 aliphatic carbocycles. The number of aromatic nitrogens is 2. The van der Waals surface area contributed by atoms with E-state index in [1.165, 1.54) is 11.3 Å². The topological polar surface area (TPSA) is 25.8 Å². The minimum absolute atomic E-state index is 0.881. The summed E-state index contributed by atoms with van der Waals surface area (Å²) in [4.78, 5) is 8.89. The summed E-state index contributed by atoms with van der Waals surface area (Å²) in [5.41, 5.74) is 2.40. The average Bonchev–Trinajstić information content (AvgIpc) is 2.18. The second-order valence-corrected chi connectivity index (χ2v) is 4.21. The lowest BCUT2D eigenvalue weighted by molar-refractivity contribution is 0.813. The fourth-order valence-corrected chi connectivity index (χ4v) is 2.20. The fraction of sp³-hybridized carbons (Fsp3) is 0.556. The third kappa shape index (κ3) is 2.38. The number of rotatable bonds is 3. The Morgan fingerprint density at radius 3 is 2.31 bits per heavy atom. The highest BCUT2D eigenvalue weighted by atomic mass is 32.2. The molecule has 1 aromatic rings. The molecule has 1 aromatic heterocycles. The molecule has 0 saturated carbocycles. The Labute approximate surface area is 87.9 Å². The van der Waals surface area contributed by atoms with Crippen LogP contribution < -0.4 is 0 Å². The lowest BCUT2D eigenvalue weighted by Gasteiger charge is -2.07. The van der Waals surface area contributed by atoms with Crippen LogP contribution in [0.15, 0.2) is 10.2 Å². The number of thioether (sulfide) groups is 2. The molecular formula is C9H14N2S2. The molecule has 0 aromatic carbocycles. The van der Waals surface area contributed by atoms with Crippen molar-refractivity contribution >= 4 is 23.5 Å². The molecule has 0 N–H and O–H groups in total. The van der Waals surface area contributed by atoms with Crippen molar-refractivity contribution in [1.29, 1.82) is 0 Å². The molecule has 13 heavy (non-hydrogen) atoms. The number of aryl methyl sites for hydroxylation is 1. The molecule has 0 aliphatic heterocycles. The first-order chi connectivity index (χ1) is 6.22. The van der Waals surface area contributed by atoms with Gasteiger partial charge >= 0.3 is 0 Å². The monoisotopic (exact) mass is 214 g/mol. The predicted molar refractivity (Wildman–Crippen MR) is 59.7 cm³/mol. The minimum Gasteiger partial charge on any atom is -0.227 e.